The molecule has 0 radical (unpaired) electrons. The fourth-order valence-electron chi connectivity index (χ4n) is 3.66. The molecule has 2 fully saturated rings. The van der Waals surface area contributed by atoms with Gasteiger partial charge in [-0.25, -0.2) is 4.39 Å². The number of halogens is 1. The highest BCUT2D eigenvalue weighted by Crippen LogP contribution is 2.24. The summed E-state index contributed by atoms with van der Waals surface area (Å²) >= 11 is 0. The van der Waals surface area contributed by atoms with Gasteiger partial charge in [-0.3, -0.25) is 9.59 Å². The molecular formula is C20H27FN2O3. The summed E-state index contributed by atoms with van der Waals surface area (Å²) in [6.45, 7) is 4.88. The van der Waals surface area contributed by atoms with Crippen molar-refractivity contribution in [2.45, 2.75) is 32.6 Å². The summed E-state index contributed by atoms with van der Waals surface area (Å²) in [7, 11) is 0. The third-order valence-electron chi connectivity index (χ3n) is 5.48. The molecule has 2 saturated heterocycles. The Morgan fingerprint density at radius 2 is 1.65 bits per heavy atom. The van der Waals surface area contributed by atoms with Crippen molar-refractivity contribution in [1.82, 2.24) is 9.80 Å². The average molecular weight is 362 g/mol. The highest BCUT2D eigenvalue weighted by molar-refractivity contribution is 5.80. The molecule has 2 heterocycles. The van der Waals surface area contributed by atoms with Gasteiger partial charge in [0.2, 0.25) is 5.91 Å². The van der Waals surface area contributed by atoms with Crippen LogP contribution < -0.4 is 4.74 Å². The van der Waals surface area contributed by atoms with Crippen LogP contribution in [0.15, 0.2) is 24.3 Å². The van der Waals surface area contributed by atoms with Crippen LogP contribution in [0, 0.1) is 17.7 Å². The van der Waals surface area contributed by atoms with Crippen LogP contribution in [0.3, 0.4) is 0 Å². The van der Waals surface area contributed by atoms with Crippen molar-refractivity contribution in [2.24, 2.45) is 11.8 Å². The minimum absolute atomic E-state index is 0.0138. The topological polar surface area (TPSA) is 49.9 Å². The van der Waals surface area contributed by atoms with E-state index in [1.165, 1.54) is 12.1 Å². The number of likely N-dealkylation sites (tertiary alicyclic amines) is 2. The van der Waals surface area contributed by atoms with E-state index in [0.717, 1.165) is 25.9 Å². The highest BCUT2D eigenvalue weighted by atomic mass is 19.1. The first-order chi connectivity index (χ1) is 12.5. The Hall–Kier alpha value is -2.11. The number of piperidine rings is 2. The van der Waals surface area contributed by atoms with Gasteiger partial charge in [0.25, 0.3) is 5.91 Å². The van der Waals surface area contributed by atoms with Crippen molar-refractivity contribution >= 4 is 11.8 Å². The number of rotatable bonds is 4. The predicted octanol–water partition coefficient (Wildman–Crippen LogP) is 2.70. The largest absolute Gasteiger partial charge is 0.481 e. The molecule has 1 aromatic rings. The number of para-hydroxylation sites is 1. The van der Waals surface area contributed by atoms with Crippen molar-refractivity contribution in [2.75, 3.05) is 32.8 Å². The van der Waals surface area contributed by atoms with Gasteiger partial charge in [0, 0.05) is 32.1 Å². The van der Waals surface area contributed by atoms with Crippen LogP contribution in [-0.2, 0) is 9.59 Å². The Morgan fingerprint density at radius 3 is 2.31 bits per heavy atom. The summed E-state index contributed by atoms with van der Waals surface area (Å²) in [5.41, 5.74) is 0. The van der Waals surface area contributed by atoms with Crippen LogP contribution in [0.1, 0.15) is 32.6 Å². The second-order valence-corrected chi connectivity index (χ2v) is 7.38. The van der Waals surface area contributed by atoms with Gasteiger partial charge >= 0.3 is 0 Å². The number of carbonyl (C=O) groups is 2. The molecule has 0 unspecified atom stereocenters. The van der Waals surface area contributed by atoms with E-state index in [1.54, 1.807) is 17.0 Å². The van der Waals surface area contributed by atoms with Gasteiger partial charge in [-0.05, 0) is 43.7 Å². The number of hydrogen-bond donors (Lipinski definition) is 0. The number of benzene rings is 1. The third kappa shape index (κ3) is 4.54. The summed E-state index contributed by atoms with van der Waals surface area (Å²) in [5, 5.41) is 0. The zero-order valence-electron chi connectivity index (χ0n) is 15.3. The first kappa shape index (κ1) is 18.7. The number of hydrogen-bond acceptors (Lipinski definition) is 3. The molecule has 3 rings (SSSR count). The van der Waals surface area contributed by atoms with E-state index in [1.807, 2.05) is 4.90 Å². The molecule has 0 aromatic heterocycles. The van der Waals surface area contributed by atoms with E-state index in [-0.39, 0.29) is 30.1 Å². The maximum Gasteiger partial charge on any atom is 0.260 e. The van der Waals surface area contributed by atoms with Crippen molar-refractivity contribution in [3.05, 3.63) is 30.1 Å². The third-order valence-corrected chi connectivity index (χ3v) is 5.48. The zero-order valence-corrected chi connectivity index (χ0v) is 15.3. The van der Waals surface area contributed by atoms with E-state index < -0.39 is 5.82 Å². The van der Waals surface area contributed by atoms with Crippen LogP contribution in [0.25, 0.3) is 0 Å². The molecule has 0 spiro atoms. The first-order valence-corrected chi connectivity index (χ1v) is 9.48. The Bertz CT molecular complexity index is 636. The van der Waals surface area contributed by atoms with Crippen molar-refractivity contribution < 1.29 is 18.7 Å². The fraction of sp³-hybridized carbons (Fsp3) is 0.600. The molecule has 26 heavy (non-hydrogen) atoms. The summed E-state index contributed by atoms with van der Waals surface area (Å²) < 4.78 is 18.8. The lowest BCUT2D eigenvalue weighted by molar-refractivity contribution is -0.142. The lowest BCUT2D eigenvalue weighted by Crippen LogP contribution is -2.47. The Kier molecular flexibility index (Phi) is 6.12. The van der Waals surface area contributed by atoms with E-state index in [0.29, 0.717) is 31.8 Å². The molecule has 2 aliphatic heterocycles. The highest BCUT2D eigenvalue weighted by Gasteiger charge is 2.31. The summed E-state index contributed by atoms with van der Waals surface area (Å²) in [6, 6.07) is 6.06. The van der Waals surface area contributed by atoms with Gasteiger partial charge in [0.1, 0.15) is 0 Å². The van der Waals surface area contributed by atoms with Gasteiger partial charge < -0.3 is 14.5 Å². The molecule has 0 bridgehead atoms. The minimum atomic E-state index is -0.472. The molecule has 0 aliphatic carbocycles. The fourth-order valence-corrected chi connectivity index (χ4v) is 3.66. The molecular weight excluding hydrogens is 335 g/mol. The van der Waals surface area contributed by atoms with Crippen molar-refractivity contribution in [3.63, 3.8) is 0 Å². The molecule has 2 amide bonds. The number of carbonyl (C=O) groups excluding carboxylic acids is 2. The van der Waals surface area contributed by atoms with E-state index in [9.17, 15) is 14.0 Å². The second kappa shape index (κ2) is 8.52. The first-order valence-electron chi connectivity index (χ1n) is 9.48. The Balaban J connectivity index is 1.43. The smallest absolute Gasteiger partial charge is 0.260 e. The average Bonchev–Trinajstić information content (AvgIpc) is 2.67. The zero-order chi connectivity index (χ0) is 18.5. The number of ether oxygens (including phenoxy) is 1. The van der Waals surface area contributed by atoms with Gasteiger partial charge in [0.05, 0.1) is 0 Å². The number of amides is 2. The molecule has 2 aliphatic rings. The van der Waals surface area contributed by atoms with Crippen LogP contribution in [0.4, 0.5) is 4.39 Å². The quantitative estimate of drug-likeness (QED) is 0.827. The van der Waals surface area contributed by atoms with Gasteiger partial charge in [-0.1, -0.05) is 19.1 Å². The van der Waals surface area contributed by atoms with Crippen molar-refractivity contribution in [1.29, 1.82) is 0 Å². The predicted molar refractivity (Wildman–Crippen MR) is 96.2 cm³/mol. The maximum atomic E-state index is 13.5. The van der Waals surface area contributed by atoms with E-state index >= 15 is 0 Å². The molecule has 1 aromatic carbocycles. The van der Waals surface area contributed by atoms with Gasteiger partial charge in [-0.2, -0.15) is 0 Å². The summed E-state index contributed by atoms with van der Waals surface area (Å²) in [6.07, 6.45) is 3.54. The Labute approximate surface area is 154 Å². The van der Waals surface area contributed by atoms with Gasteiger partial charge in [-0.15, -0.1) is 0 Å². The Morgan fingerprint density at radius 1 is 1.04 bits per heavy atom. The molecule has 6 heteroatoms. The number of nitrogens with zero attached hydrogens (tertiary/aromatic N) is 2. The van der Waals surface area contributed by atoms with E-state index in [4.69, 9.17) is 4.74 Å². The molecule has 5 nitrogen and oxygen atoms in total. The SMILES string of the molecule is CC1CCN(C(=O)C2CCN(C(=O)COc3ccccc3F)CC2)CC1. The lowest BCUT2D eigenvalue weighted by atomic mass is 9.92. The van der Waals surface area contributed by atoms with Crippen molar-refractivity contribution in [3.8, 4) is 5.75 Å². The molecule has 0 N–H and O–H groups in total. The van der Waals surface area contributed by atoms with Crippen LogP contribution in [0.2, 0.25) is 0 Å². The normalized spacial score (nSPS) is 19.5. The summed E-state index contributed by atoms with van der Waals surface area (Å²) in [4.78, 5) is 28.6. The van der Waals surface area contributed by atoms with Crippen LogP contribution in [-0.4, -0.2) is 54.4 Å². The second-order valence-electron chi connectivity index (χ2n) is 7.38. The standard InChI is InChI=1S/C20H27FN2O3/c1-15-6-10-23(11-7-15)20(25)16-8-12-22(13-9-16)19(24)14-26-18-5-3-2-4-17(18)21/h2-5,15-16H,6-14H2,1H3. The van der Waals surface area contributed by atoms with Gasteiger partial charge in [0.15, 0.2) is 18.2 Å². The minimum Gasteiger partial charge on any atom is -0.481 e. The maximum absolute atomic E-state index is 13.5. The summed E-state index contributed by atoms with van der Waals surface area (Å²) in [5.74, 6) is 0.413. The molecule has 0 atom stereocenters. The lowest BCUT2D eigenvalue weighted by Gasteiger charge is -2.36. The van der Waals surface area contributed by atoms with Crippen LogP contribution >= 0.6 is 0 Å². The monoisotopic (exact) mass is 362 g/mol. The van der Waals surface area contributed by atoms with Crippen LogP contribution in [0.5, 0.6) is 5.75 Å². The molecule has 142 valence electrons. The van der Waals surface area contributed by atoms with E-state index in [2.05, 4.69) is 6.92 Å². The molecule has 0 saturated carbocycles.